The Labute approximate surface area is 225 Å². The second-order valence-electron chi connectivity index (χ2n) is 10.5. The number of rotatable bonds is 6. The van der Waals surface area contributed by atoms with E-state index in [9.17, 15) is 4.79 Å². The van der Waals surface area contributed by atoms with Gasteiger partial charge in [-0.05, 0) is 73.6 Å². The van der Waals surface area contributed by atoms with Crippen LogP contribution in [0.25, 0.3) is 37.1 Å². The van der Waals surface area contributed by atoms with Gasteiger partial charge in [0, 0.05) is 44.9 Å². The third-order valence-corrected chi connectivity index (χ3v) is 9.27. The standard InChI is InChI=1S/C31H29N3O3S/c1-36-30-19-26(32-34(30)22-8-11-25-24-4-2-3-5-27(24)38-28(25)18-22)21-6-9-23(10-7-21)37-20-29(35)33-16-14-31(12-13-31)15-17-33/h2-11,18-19H,12-17,20H2,1H3. The number of hydrogen-bond donors (Lipinski definition) is 0. The summed E-state index contributed by atoms with van der Waals surface area (Å²) in [6, 6.07) is 24.6. The molecule has 0 unspecified atom stereocenters. The Kier molecular flexibility index (Phi) is 5.62. The van der Waals surface area contributed by atoms with Gasteiger partial charge in [-0.15, -0.1) is 11.3 Å². The molecule has 1 saturated heterocycles. The van der Waals surface area contributed by atoms with Crippen molar-refractivity contribution in [2.45, 2.75) is 25.7 Å². The molecule has 6 nitrogen and oxygen atoms in total. The van der Waals surface area contributed by atoms with Crippen molar-refractivity contribution in [2.75, 3.05) is 26.8 Å². The number of aromatic nitrogens is 2. The first kappa shape index (κ1) is 23.3. The van der Waals surface area contributed by atoms with Crippen LogP contribution >= 0.6 is 11.3 Å². The first-order valence-corrected chi connectivity index (χ1v) is 14.0. The number of hydrogen-bond acceptors (Lipinski definition) is 5. The molecule has 0 bridgehead atoms. The van der Waals surface area contributed by atoms with Gasteiger partial charge in [0.2, 0.25) is 5.88 Å². The molecule has 3 heterocycles. The highest BCUT2D eigenvalue weighted by Gasteiger charge is 2.45. The molecule has 0 atom stereocenters. The van der Waals surface area contributed by atoms with Crippen molar-refractivity contribution in [2.24, 2.45) is 5.41 Å². The van der Waals surface area contributed by atoms with Crippen LogP contribution in [0.2, 0.25) is 0 Å². The van der Waals surface area contributed by atoms with Crippen molar-refractivity contribution in [1.29, 1.82) is 0 Å². The summed E-state index contributed by atoms with van der Waals surface area (Å²) in [5.41, 5.74) is 3.28. The number of methoxy groups -OCH3 is 1. The molecule has 2 fully saturated rings. The van der Waals surface area contributed by atoms with Crippen LogP contribution in [0.4, 0.5) is 0 Å². The summed E-state index contributed by atoms with van der Waals surface area (Å²) in [5, 5.41) is 7.39. The second-order valence-corrected chi connectivity index (χ2v) is 11.5. The lowest BCUT2D eigenvalue weighted by Crippen LogP contribution is -2.41. The predicted molar refractivity (Wildman–Crippen MR) is 151 cm³/mol. The number of benzene rings is 3. The minimum atomic E-state index is 0.0728. The molecular formula is C31H29N3O3S. The maximum Gasteiger partial charge on any atom is 0.260 e. The number of thiophene rings is 1. The molecule has 192 valence electrons. The minimum absolute atomic E-state index is 0.0728. The molecule has 0 radical (unpaired) electrons. The Morgan fingerprint density at radius 1 is 0.921 bits per heavy atom. The molecule has 0 N–H and O–H groups in total. The molecule has 3 aromatic carbocycles. The van der Waals surface area contributed by atoms with Gasteiger partial charge in [0.15, 0.2) is 6.61 Å². The number of piperidine rings is 1. The Bertz CT molecular complexity index is 1640. The van der Waals surface area contributed by atoms with E-state index in [-0.39, 0.29) is 12.5 Å². The molecule has 2 aliphatic rings. The van der Waals surface area contributed by atoms with Gasteiger partial charge in [-0.1, -0.05) is 24.3 Å². The number of carbonyl (C=O) groups is 1. The Morgan fingerprint density at radius 2 is 1.68 bits per heavy atom. The van der Waals surface area contributed by atoms with E-state index in [0.717, 1.165) is 42.9 Å². The summed E-state index contributed by atoms with van der Waals surface area (Å²) < 4.78 is 15.8. The molecule has 1 aliphatic carbocycles. The van der Waals surface area contributed by atoms with Crippen molar-refractivity contribution in [3.8, 4) is 28.6 Å². The van der Waals surface area contributed by atoms with Crippen molar-refractivity contribution in [1.82, 2.24) is 14.7 Å². The molecule has 7 rings (SSSR count). The molecule has 1 aliphatic heterocycles. The lowest BCUT2D eigenvalue weighted by atomic mass is 9.94. The largest absolute Gasteiger partial charge is 0.484 e. The van der Waals surface area contributed by atoms with Crippen LogP contribution in [0.1, 0.15) is 25.7 Å². The highest BCUT2D eigenvalue weighted by Crippen LogP contribution is 2.53. The van der Waals surface area contributed by atoms with Gasteiger partial charge in [-0.25, -0.2) is 4.68 Å². The second kappa shape index (κ2) is 9.17. The Hall–Kier alpha value is -3.84. The van der Waals surface area contributed by atoms with E-state index in [0.29, 0.717) is 17.0 Å². The van der Waals surface area contributed by atoms with Gasteiger partial charge >= 0.3 is 0 Å². The average molecular weight is 524 g/mol. The normalized spacial score (nSPS) is 16.3. The van der Waals surface area contributed by atoms with Gasteiger partial charge < -0.3 is 14.4 Å². The van der Waals surface area contributed by atoms with E-state index in [1.165, 1.54) is 33.0 Å². The average Bonchev–Trinajstić information content (AvgIpc) is 3.41. The lowest BCUT2D eigenvalue weighted by molar-refractivity contribution is -0.134. The fraction of sp³-hybridized carbons (Fsp3) is 0.290. The SMILES string of the molecule is COc1cc(-c2ccc(OCC(=O)N3CCC4(CC3)CC4)cc2)nn1-c1ccc2c(c1)sc1ccccc12. The minimum Gasteiger partial charge on any atom is -0.484 e. The third kappa shape index (κ3) is 4.21. The number of amides is 1. The molecule has 7 heteroatoms. The molecule has 5 aromatic rings. The quantitative estimate of drug-likeness (QED) is 0.249. The Balaban J connectivity index is 1.07. The van der Waals surface area contributed by atoms with Crippen molar-refractivity contribution in [3.63, 3.8) is 0 Å². The smallest absolute Gasteiger partial charge is 0.260 e. The fourth-order valence-corrected chi connectivity index (χ4v) is 6.69. The van der Waals surface area contributed by atoms with Crippen LogP contribution < -0.4 is 9.47 Å². The van der Waals surface area contributed by atoms with Crippen molar-refractivity contribution in [3.05, 3.63) is 72.8 Å². The van der Waals surface area contributed by atoms with Crippen molar-refractivity contribution >= 4 is 37.4 Å². The first-order chi connectivity index (χ1) is 18.6. The van der Waals surface area contributed by atoms with Crippen LogP contribution in [0.5, 0.6) is 11.6 Å². The number of likely N-dealkylation sites (tertiary alicyclic amines) is 1. The zero-order valence-electron chi connectivity index (χ0n) is 21.4. The van der Waals surface area contributed by atoms with Gasteiger partial charge in [0.1, 0.15) is 5.75 Å². The van der Waals surface area contributed by atoms with Crippen LogP contribution in [0.3, 0.4) is 0 Å². The molecule has 1 spiro atoms. The molecule has 38 heavy (non-hydrogen) atoms. The summed E-state index contributed by atoms with van der Waals surface area (Å²) in [6.45, 7) is 1.80. The van der Waals surface area contributed by atoms with Crippen LogP contribution in [-0.4, -0.2) is 47.4 Å². The van der Waals surface area contributed by atoms with Crippen molar-refractivity contribution < 1.29 is 14.3 Å². The van der Waals surface area contributed by atoms with E-state index < -0.39 is 0 Å². The van der Waals surface area contributed by atoms with Gasteiger partial charge in [0.05, 0.1) is 18.5 Å². The maximum absolute atomic E-state index is 12.6. The van der Waals surface area contributed by atoms with Gasteiger partial charge in [-0.2, -0.15) is 5.10 Å². The number of fused-ring (bicyclic) bond motifs is 3. The topological polar surface area (TPSA) is 56.6 Å². The van der Waals surface area contributed by atoms with Crippen LogP contribution in [0.15, 0.2) is 72.8 Å². The molecule has 1 saturated carbocycles. The summed E-state index contributed by atoms with van der Waals surface area (Å²) in [5.74, 6) is 1.42. The van der Waals surface area contributed by atoms with E-state index in [1.54, 1.807) is 18.4 Å². The zero-order valence-corrected chi connectivity index (χ0v) is 22.2. The monoisotopic (exact) mass is 523 g/mol. The fourth-order valence-electron chi connectivity index (χ4n) is 5.55. The summed E-state index contributed by atoms with van der Waals surface area (Å²) in [4.78, 5) is 14.6. The molecule has 2 aromatic heterocycles. The Morgan fingerprint density at radius 3 is 2.45 bits per heavy atom. The summed E-state index contributed by atoms with van der Waals surface area (Å²) >= 11 is 1.78. The van der Waals surface area contributed by atoms with E-state index in [4.69, 9.17) is 14.6 Å². The summed E-state index contributed by atoms with van der Waals surface area (Å²) in [7, 11) is 1.66. The van der Waals surface area contributed by atoms with E-state index in [2.05, 4.69) is 42.5 Å². The van der Waals surface area contributed by atoms with Gasteiger partial charge in [-0.3, -0.25) is 4.79 Å². The third-order valence-electron chi connectivity index (χ3n) is 8.14. The number of ether oxygens (including phenoxy) is 2. The first-order valence-electron chi connectivity index (χ1n) is 13.2. The highest BCUT2D eigenvalue weighted by atomic mass is 32.1. The molecular weight excluding hydrogens is 494 g/mol. The predicted octanol–water partition coefficient (Wildman–Crippen LogP) is 6.70. The number of nitrogens with zero attached hydrogens (tertiary/aromatic N) is 3. The zero-order chi connectivity index (χ0) is 25.7. The highest BCUT2D eigenvalue weighted by molar-refractivity contribution is 7.25. The lowest BCUT2D eigenvalue weighted by Gasteiger charge is -2.32. The van der Waals surface area contributed by atoms with Crippen LogP contribution in [-0.2, 0) is 4.79 Å². The van der Waals surface area contributed by atoms with Crippen LogP contribution in [0, 0.1) is 5.41 Å². The van der Waals surface area contributed by atoms with E-state index in [1.807, 2.05) is 39.9 Å². The maximum atomic E-state index is 12.6. The van der Waals surface area contributed by atoms with E-state index >= 15 is 0 Å². The summed E-state index contributed by atoms with van der Waals surface area (Å²) in [6.07, 6.45) is 4.95. The van der Waals surface area contributed by atoms with Gasteiger partial charge in [0.25, 0.3) is 5.91 Å². The number of carbonyl (C=O) groups excluding carboxylic acids is 1. The molecule has 1 amide bonds.